The van der Waals surface area contributed by atoms with Crippen LogP contribution in [0.2, 0.25) is 0 Å². The number of nitrogens with zero attached hydrogens (tertiary/aromatic N) is 2. The Kier molecular flexibility index (Phi) is 6.60. The molecule has 1 amide bonds. The van der Waals surface area contributed by atoms with Gasteiger partial charge in [0, 0.05) is 17.7 Å². The number of non-ortho nitro benzene ring substituents is 1. The van der Waals surface area contributed by atoms with Crippen LogP contribution in [-0.4, -0.2) is 45.6 Å². The third-order valence-corrected chi connectivity index (χ3v) is 7.40. The average Bonchev–Trinajstić information content (AvgIpc) is 3.27. The number of hydrogen-bond donors (Lipinski definition) is 1. The number of anilines is 1. The van der Waals surface area contributed by atoms with E-state index in [0.717, 1.165) is 41.8 Å². The van der Waals surface area contributed by atoms with Crippen molar-refractivity contribution in [2.45, 2.75) is 9.10 Å². The molecular weight excluding hydrogens is 462 g/mol. The molecule has 0 atom stereocenters. The molecule has 1 N–H and O–H groups in total. The number of rotatable bonds is 8. The molecule has 32 heavy (non-hydrogen) atoms. The number of amides is 1. The molecule has 1 heterocycles. The summed E-state index contributed by atoms with van der Waals surface area (Å²) < 4.78 is 41.1. The monoisotopic (exact) mass is 479 g/mol. The number of ether oxygens (including phenoxy) is 3. The van der Waals surface area contributed by atoms with Gasteiger partial charge < -0.3 is 14.2 Å². The molecule has 0 bridgehead atoms. The van der Waals surface area contributed by atoms with E-state index in [1.807, 2.05) is 0 Å². The molecular formula is C19H17N3O8S2. The minimum atomic E-state index is -3.97. The van der Waals surface area contributed by atoms with Gasteiger partial charge in [-0.05, 0) is 24.3 Å². The molecule has 0 aliphatic rings. The molecule has 168 valence electrons. The zero-order valence-corrected chi connectivity index (χ0v) is 18.7. The second-order valence-corrected chi connectivity index (χ2v) is 9.31. The summed E-state index contributed by atoms with van der Waals surface area (Å²) in [7, 11) is 0.291. The fraction of sp³-hybridized carbons (Fsp3) is 0.158. The van der Waals surface area contributed by atoms with Gasteiger partial charge in [0.25, 0.3) is 11.6 Å². The van der Waals surface area contributed by atoms with Crippen molar-refractivity contribution in [1.29, 1.82) is 0 Å². The smallest absolute Gasteiger partial charge is 0.269 e. The molecule has 0 spiro atoms. The maximum atomic E-state index is 12.8. The number of carbonyl (C=O) groups excluding carboxylic acids is 1. The lowest BCUT2D eigenvalue weighted by Crippen LogP contribution is -2.12. The Bertz CT molecular complexity index is 1240. The zero-order valence-electron chi connectivity index (χ0n) is 17.0. The van der Waals surface area contributed by atoms with E-state index in [1.165, 1.54) is 33.5 Å². The first-order chi connectivity index (χ1) is 15.2. The van der Waals surface area contributed by atoms with Crippen LogP contribution in [0.15, 0.2) is 51.7 Å². The number of aromatic nitrogens is 1. The molecule has 0 saturated heterocycles. The lowest BCUT2D eigenvalue weighted by Gasteiger charge is -2.13. The highest BCUT2D eigenvalue weighted by atomic mass is 32.2. The lowest BCUT2D eigenvalue weighted by atomic mass is 10.1. The number of benzene rings is 2. The third kappa shape index (κ3) is 4.48. The second-order valence-electron chi connectivity index (χ2n) is 6.11. The molecule has 2 aromatic carbocycles. The predicted molar refractivity (Wildman–Crippen MR) is 115 cm³/mol. The molecule has 1 aromatic heterocycles. The third-order valence-electron chi connectivity index (χ3n) is 4.25. The summed E-state index contributed by atoms with van der Waals surface area (Å²) in [5.41, 5.74) is -0.0546. The van der Waals surface area contributed by atoms with Crippen molar-refractivity contribution in [2.75, 3.05) is 26.6 Å². The van der Waals surface area contributed by atoms with E-state index in [1.54, 1.807) is 0 Å². The van der Waals surface area contributed by atoms with Crippen molar-refractivity contribution in [1.82, 2.24) is 4.98 Å². The first kappa shape index (κ1) is 23.0. The SMILES string of the molecule is COc1cc(C(=O)Nc2ncc(S(=O)(=O)c3ccc([N+](=O)[O-])cc3)s2)cc(OC)c1OC. The van der Waals surface area contributed by atoms with Gasteiger partial charge in [0.1, 0.15) is 4.21 Å². The molecule has 0 saturated carbocycles. The number of hydrogen-bond acceptors (Lipinski definition) is 10. The van der Waals surface area contributed by atoms with E-state index in [-0.39, 0.29) is 37.0 Å². The average molecular weight is 479 g/mol. The van der Waals surface area contributed by atoms with Crippen LogP contribution < -0.4 is 19.5 Å². The Morgan fingerprint density at radius 1 is 1.06 bits per heavy atom. The maximum Gasteiger partial charge on any atom is 0.269 e. The number of sulfone groups is 1. The molecule has 3 rings (SSSR count). The molecule has 0 aliphatic carbocycles. The predicted octanol–water partition coefficient (Wildman–Crippen LogP) is 3.16. The fourth-order valence-corrected chi connectivity index (χ4v) is 5.11. The van der Waals surface area contributed by atoms with Crippen LogP contribution in [0.4, 0.5) is 10.8 Å². The van der Waals surface area contributed by atoms with E-state index in [2.05, 4.69) is 10.3 Å². The van der Waals surface area contributed by atoms with E-state index >= 15 is 0 Å². The Balaban J connectivity index is 1.84. The van der Waals surface area contributed by atoms with Gasteiger partial charge in [0.15, 0.2) is 16.6 Å². The van der Waals surface area contributed by atoms with Crippen LogP contribution >= 0.6 is 11.3 Å². The number of thiazole rings is 1. The lowest BCUT2D eigenvalue weighted by molar-refractivity contribution is -0.384. The van der Waals surface area contributed by atoms with Gasteiger partial charge in [0.2, 0.25) is 15.6 Å². The summed E-state index contributed by atoms with van der Waals surface area (Å²) in [6.45, 7) is 0. The normalized spacial score (nSPS) is 11.0. The van der Waals surface area contributed by atoms with Crippen LogP contribution in [0, 0.1) is 10.1 Å². The van der Waals surface area contributed by atoms with E-state index in [0.29, 0.717) is 5.75 Å². The van der Waals surface area contributed by atoms with Gasteiger partial charge in [-0.15, -0.1) is 0 Å². The first-order valence-electron chi connectivity index (χ1n) is 8.78. The van der Waals surface area contributed by atoms with Crippen molar-refractivity contribution in [2.24, 2.45) is 0 Å². The van der Waals surface area contributed by atoms with Crippen molar-refractivity contribution >= 4 is 37.9 Å². The van der Waals surface area contributed by atoms with E-state index < -0.39 is 20.7 Å². The zero-order chi connectivity index (χ0) is 23.5. The summed E-state index contributed by atoms with van der Waals surface area (Å²) in [6, 6.07) is 7.36. The summed E-state index contributed by atoms with van der Waals surface area (Å²) in [5, 5.41) is 13.3. The van der Waals surface area contributed by atoms with Crippen molar-refractivity contribution in [3.8, 4) is 17.2 Å². The largest absolute Gasteiger partial charge is 0.493 e. The Morgan fingerprint density at radius 2 is 1.66 bits per heavy atom. The number of carbonyl (C=O) groups is 1. The molecule has 11 nitrogen and oxygen atoms in total. The van der Waals surface area contributed by atoms with Crippen molar-refractivity contribution in [3.05, 3.63) is 58.3 Å². The Hall–Kier alpha value is -3.71. The van der Waals surface area contributed by atoms with Crippen LogP contribution in [0.1, 0.15) is 10.4 Å². The highest BCUT2D eigenvalue weighted by molar-refractivity contribution is 7.93. The molecule has 0 aliphatic heterocycles. The van der Waals surface area contributed by atoms with Crippen molar-refractivity contribution < 1.29 is 32.3 Å². The Labute approximate surface area is 186 Å². The van der Waals surface area contributed by atoms with Gasteiger partial charge in [-0.2, -0.15) is 0 Å². The molecule has 13 heteroatoms. The molecule has 0 radical (unpaired) electrons. The van der Waals surface area contributed by atoms with Crippen molar-refractivity contribution in [3.63, 3.8) is 0 Å². The van der Waals surface area contributed by atoms with Crippen LogP contribution in [-0.2, 0) is 9.84 Å². The Morgan fingerprint density at radius 3 is 2.16 bits per heavy atom. The number of methoxy groups -OCH3 is 3. The molecule has 0 fully saturated rings. The summed E-state index contributed by atoms with van der Waals surface area (Å²) >= 11 is 0.744. The fourth-order valence-electron chi connectivity index (χ4n) is 2.69. The number of nitro benzene ring substituents is 1. The van der Waals surface area contributed by atoms with Crippen LogP contribution in [0.25, 0.3) is 0 Å². The van der Waals surface area contributed by atoms with Crippen LogP contribution in [0.5, 0.6) is 17.2 Å². The highest BCUT2D eigenvalue weighted by Gasteiger charge is 2.23. The number of nitro groups is 1. The van der Waals surface area contributed by atoms with Gasteiger partial charge in [-0.3, -0.25) is 20.2 Å². The topological polar surface area (TPSA) is 147 Å². The summed E-state index contributed by atoms with van der Waals surface area (Å²) in [4.78, 5) is 26.6. The minimum Gasteiger partial charge on any atom is -0.493 e. The highest BCUT2D eigenvalue weighted by Crippen LogP contribution is 2.38. The molecule has 3 aromatic rings. The first-order valence-corrected chi connectivity index (χ1v) is 11.1. The van der Waals surface area contributed by atoms with E-state index in [9.17, 15) is 23.3 Å². The minimum absolute atomic E-state index is 0.0456. The van der Waals surface area contributed by atoms with Gasteiger partial charge in [-0.1, -0.05) is 11.3 Å². The molecule has 0 unspecified atom stereocenters. The standard InChI is InChI=1S/C19H17N3O8S2/c1-28-14-8-11(9-15(29-2)17(14)30-3)18(23)21-19-20-10-16(31-19)32(26,27)13-6-4-12(5-7-13)22(24)25/h4-10H,1-3H3,(H,20,21,23). The van der Waals surface area contributed by atoms with Gasteiger partial charge in [-0.25, -0.2) is 13.4 Å². The number of nitrogens with one attached hydrogen (secondary N) is 1. The van der Waals surface area contributed by atoms with Gasteiger partial charge >= 0.3 is 0 Å². The maximum absolute atomic E-state index is 12.8. The van der Waals surface area contributed by atoms with Crippen LogP contribution in [0.3, 0.4) is 0 Å². The summed E-state index contributed by atoms with van der Waals surface area (Å²) in [5.74, 6) is 0.297. The quantitative estimate of drug-likeness (QED) is 0.380. The second kappa shape index (κ2) is 9.20. The van der Waals surface area contributed by atoms with Gasteiger partial charge in [0.05, 0.1) is 37.3 Å². The van der Waals surface area contributed by atoms with E-state index in [4.69, 9.17) is 14.2 Å². The summed E-state index contributed by atoms with van der Waals surface area (Å²) in [6.07, 6.45) is 1.10.